The fourth-order valence-corrected chi connectivity index (χ4v) is 0.717. The average molecular weight is 146 g/mol. The third-order valence-electron chi connectivity index (χ3n) is 1.18. The summed E-state index contributed by atoms with van der Waals surface area (Å²) < 4.78 is 4.97. The maximum absolute atomic E-state index is 4.97. The van der Waals surface area contributed by atoms with E-state index in [1.54, 1.807) is 6.20 Å². The third-order valence-corrected chi connectivity index (χ3v) is 1.18. The Kier molecular flexibility index (Phi) is 1.37. The highest BCUT2D eigenvalue weighted by molar-refractivity contribution is 5.42. The van der Waals surface area contributed by atoms with E-state index in [0.717, 1.165) is 0 Å². The Morgan fingerprint density at radius 1 is 1.27 bits per heavy atom. The second-order valence-electron chi connectivity index (χ2n) is 1.87. The third kappa shape index (κ3) is 1.10. The van der Waals surface area contributed by atoms with Crippen molar-refractivity contribution in [2.24, 2.45) is 0 Å². The van der Waals surface area contributed by atoms with Gasteiger partial charge in [0.05, 0.1) is 6.20 Å². The molecular weight excluding hydrogens is 142 g/mol. The van der Waals surface area contributed by atoms with Crippen LogP contribution in [-0.2, 0) is 0 Å². The Morgan fingerprint density at radius 3 is 2.73 bits per heavy atom. The van der Waals surface area contributed by atoms with Crippen LogP contribution in [0.15, 0.2) is 29.4 Å². The molecule has 2 heterocycles. The molecule has 53 valence electrons. The van der Waals surface area contributed by atoms with Crippen LogP contribution in [0.5, 0.6) is 0 Å². The lowest BCUT2D eigenvalue weighted by Crippen LogP contribution is -1.83. The minimum Gasteiger partial charge on any atom is -0.440 e. The van der Waals surface area contributed by atoms with Crippen molar-refractivity contribution < 1.29 is 4.42 Å². The number of aromatic nitrogens is 3. The fraction of sp³-hybridized carbons (Fsp3) is 0. The summed E-state index contributed by atoms with van der Waals surface area (Å²) in [6.07, 6.45) is 5.97. The molecule has 0 amide bonds. The van der Waals surface area contributed by atoms with Crippen molar-refractivity contribution >= 4 is 0 Å². The molecule has 2 aromatic heterocycles. The summed E-state index contributed by atoms with van der Waals surface area (Å²) in [5, 5.41) is 0. The number of oxazole rings is 1. The summed E-state index contributed by atoms with van der Waals surface area (Å²) in [5.74, 6) is 1.10. The van der Waals surface area contributed by atoms with Gasteiger partial charge in [-0.25, -0.2) is 15.0 Å². The van der Waals surface area contributed by atoms with E-state index in [4.69, 9.17) is 4.42 Å². The summed E-state index contributed by atoms with van der Waals surface area (Å²) in [6, 6.07) is 2.71. The lowest BCUT2D eigenvalue weighted by molar-refractivity contribution is 0.567. The minimum absolute atomic E-state index is 0.529. The Labute approximate surface area is 62.9 Å². The van der Waals surface area contributed by atoms with Gasteiger partial charge in [-0.15, -0.1) is 0 Å². The molecule has 0 atom stereocenters. The molecule has 2 rings (SSSR count). The first-order valence-electron chi connectivity index (χ1n) is 3.04. The van der Waals surface area contributed by atoms with Crippen molar-refractivity contribution in [1.82, 2.24) is 15.0 Å². The van der Waals surface area contributed by atoms with E-state index in [1.807, 2.05) is 0 Å². The van der Waals surface area contributed by atoms with Crippen LogP contribution in [0.4, 0.5) is 0 Å². The van der Waals surface area contributed by atoms with Crippen molar-refractivity contribution in [3.63, 3.8) is 0 Å². The quantitative estimate of drug-likeness (QED) is 0.600. The van der Waals surface area contributed by atoms with E-state index in [0.29, 0.717) is 11.6 Å². The first-order valence-corrected chi connectivity index (χ1v) is 3.04. The van der Waals surface area contributed by atoms with Crippen molar-refractivity contribution in [2.45, 2.75) is 0 Å². The maximum atomic E-state index is 4.97. The number of hydrogen-bond acceptors (Lipinski definition) is 4. The predicted octanol–water partition coefficient (Wildman–Crippen LogP) is 0.932. The van der Waals surface area contributed by atoms with Crippen LogP contribution in [0.25, 0.3) is 11.6 Å². The largest absolute Gasteiger partial charge is 0.440 e. The van der Waals surface area contributed by atoms with Crippen LogP contribution >= 0.6 is 0 Å². The van der Waals surface area contributed by atoms with Crippen molar-refractivity contribution in [3.05, 3.63) is 31.1 Å². The normalized spacial score (nSPS) is 9.82. The van der Waals surface area contributed by atoms with Crippen molar-refractivity contribution in [1.29, 1.82) is 0 Å². The highest BCUT2D eigenvalue weighted by Crippen LogP contribution is 2.10. The summed E-state index contributed by atoms with van der Waals surface area (Å²) in [6.45, 7) is 0. The lowest BCUT2D eigenvalue weighted by Gasteiger charge is -1.89. The van der Waals surface area contributed by atoms with Crippen LogP contribution in [0, 0.1) is 6.07 Å². The van der Waals surface area contributed by atoms with Crippen LogP contribution in [0.3, 0.4) is 0 Å². The fourth-order valence-electron chi connectivity index (χ4n) is 0.717. The first kappa shape index (κ1) is 6.03. The lowest BCUT2D eigenvalue weighted by atomic mass is 10.5. The van der Waals surface area contributed by atoms with Gasteiger partial charge in [-0.3, -0.25) is 0 Å². The summed E-state index contributed by atoms with van der Waals surface area (Å²) in [4.78, 5) is 11.6. The smallest absolute Gasteiger partial charge is 0.197 e. The minimum atomic E-state index is 0.529. The van der Waals surface area contributed by atoms with E-state index in [-0.39, 0.29) is 0 Å². The van der Waals surface area contributed by atoms with E-state index in [9.17, 15) is 0 Å². The Bertz CT molecular complexity index is 317. The zero-order valence-electron chi connectivity index (χ0n) is 5.56. The predicted molar refractivity (Wildman–Crippen MR) is 36.4 cm³/mol. The summed E-state index contributed by atoms with van der Waals surface area (Å²) >= 11 is 0. The highest BCUT2D eigenvalue weighted by atomic mass is 16.3. The molecule has 0 fully saturated rings. The van der Waals surface area contributed by atoms with E-state index < -0.39 is 0 Å². The molecular formula is C7H4N3O. The summed E-state index contributed by atoms with van der Waals surface area (Å²) in [5.41, 5.74) is 0. The zero-order chi connectivity index (χ0) is 7.52. The molecule has 11 heavy (non-hydrogen) atoms. The maximum Gasteiger partial charge on any atom is 0.197 e. The Hall–Kier alpha value is -1.71. The van der Waals surface area contributed by atoms with Gasteiger partial charge in [0.2, 0.25) is 0 Å². The van der Waals surface area contributed by atoms with Gasteiger partial charge < -0.3 is 4.42 Å². The van der Waals surface area contributed by atoms with Crippen LogP contribution < -0.4 is 0 Å². The van der Waals surface area contributed by atoms with Gasteiger partial charge in [-0.2, -0.15) is 0 Å². The SMILES string of the molecule is [c]1cnc(-c2cnco2)nc1. The molecule has 4 nitrogen and oxygen atoms in total. The second kappa shape index (κ2) is 2.49. The molecule has 0 aliphatic rings. The van der Waals surface area contributed by atoms with E-state index in [1.165, 1.54) is 18.8 Å². The van der Waals surface area contributed by atoms with Gasteiger partial charge in [0.1, 0.15) is 0 Å². The highest BCUT2D eigenvalue weighted by Gasteiger charge is 2.01. The molecule has 0 aliphatic carbocycles. The summed E-state index contributed by atoms with van der Waals surface area (Å²) in [7, 11) is 0. The van der Waals surface area contributed by atoms with Gasteiger partial charge >= 0.3 is 0 Å². The van der Waals surface area contributed by atoms with Crippen LogP contribution in [0.1, 0.15) is 0 Å². The molecule has 0 saturated heterocycles. The molecule has 0 saturated carbocycles. The Morgan fingerprint density at radius 2 is 2.09 bits per heavy atom. The second-order valence-corrected chi connectivity index (χ2v) is 1.87. The molecule has 0 bridgehead atoms. The monoisotopic (exact) mass is 146 g/mol. The molecule has 0 aromatic carbocycles. The van der Waals surface area contributed by atoms with E-state index in [2.05, 4.69) is 21.0 Å². The van der Waals surface area contributed by atoms with Crippen LogP contribution in [-0.4, -0.2) is 15.0 Å². The molecule has 0 N–H and O–H groups in total. The molecule has 2 aromatic rings. The Balaban J connectivity index is 2.46. The van der Waals surface area contributed by atoms with Gasteiger partial charge in [-0.05, 0) is 0 Å². The van der Waals surface area contributed by atoms with Gasteiger partial charge in [0.15, 0.2) is 18.0 Å². The number of nitrogens with zero attached hydrogens (tertiary/aromatic N) is 3. The molecule has 1 radical (unpaired) electrons. The van der Waals surface area contributed by atoms with Crippen molar-refractivity contribution in [3.8, 4) is 11.6 Å². The molecule has 0 spiro atoms. The van der Waals surface area contributed by atoms with Crippen molar-refractivity contribution in [2.75, 3.05) is 0 Å². The van der Waals surface area contributed by atoms with Gasteiger partial charge in [0.25, 0.3) is 0 Å². The zero-order valence-corrected chi connectivity index (χ0v) is 5.56. The van der Waals surface area contributed by atoms with E-state index >= 15 is 0 Å². The number of rotatable bonds is 1. The molecule has 0 aliphatic heterocycles. The standard InChI is InChI=1S/C7H4N3O/c1-2-9-7(10-3-1)6-4-8-5-11-6/h2-5H. The molecule has 4 heteroatoms. The van der Waals surface area contributed by atoms with Crippen LogP contribution in [0.2, 0.25) is 0 Å². The number of hydrogen-bond donors (Lipinski definition) is 0. The first-order chi connectivity index (χ1) is 5.47. The topological polar surface area (TPSA) is 51.8 Å². The van der Waals surface area contributed by atoms with Gasteiger partial charge in [-0.1, -0.05) is 0 Å². The average Bonchev–Trinajstić information content (AvgIpc) is 2.58. The molecule has 0 unspecified atom stereocenters. The van der Waals surface area contributed by atoms with Gasteiger partial charge in [0, 0.05) is 18.5 Å².